The highest BCUT2D eigenvalue weighted by Crippen LogP contribution is 2.20. The van der Waals surface area contributed by atoms with Gasteiger partial charge in [-0.3, -0.25) is 0 Å². The maximum atomic E-state index is 5.73. The van der Waals surface area contributed by atoms with Crippen LogP contribution in [0.1, 0.15) is 13.3 Å². The average Bonchev–Trinajstić information content (AvgIpc) is 2.45. The van der Waals surface area contributed by atoms with Crippen molar-refractivity contribution in [1.29, 1.82) is 0 Å². The number of halogens is 1. The molecule has 0 aliphatic carbocycles. The minimum Gasteiger partial charge on any atom is -0.374 e. The summed E-state index contributed by atoms with van der Waals surface area (Å²) in [6.45, 7) is 6.46. The summed E-state index contributed by atoms with van der Waals surface area (Å²) in [5, 5.41) is 6.51. The van der Waals surface area contributed by atoms with E-state index >= 15 is 0 Å². The molecule has 6 nitrogen and oxygen atoms in total. The van der Waals surface area contributed by atoms with E-state index in [0.29, 0.717) is 5.95 Å². The van der Waals surface area contributed by atoms with Crippen molar-refractivity contribution in [2.24, 2.45) is 0 Å². The fraction of sp³-hybridized carbons (Fsp3) is 0.692. The van der Waals surface area contributed by atoms with E-state index in [1.54, 1.807) is 6.20 Å². The lowest BCUT2D eigenvalue weighted by molar-refractivity contribution is -0.0117. The summed E-state index contributed by atoms with van der Waals surface area (Å²) in [4.78, 5) is 11.0. The largest absolute Gasteiger partial charge is 0.374 e. The molecule has 2 heterocycles. The lowest BCUT2D eigenvalue weighted by atomic mass is 10.3. The fourth-order valence-electron chi connectivity index (χ4n) is 2.01. The van der Waals surface area contributed by atoms with Crippen LogP contribution >= 0.6 is 15.9 Å². The highest BCUT2D eigenvalue weighted by atomic mass is 79.9. The van der Waals surface area contributed by atoms with Crippen LogP contribution in [0.15, 0.2) is 10.7 Å². The molecule has 0 spiro atoms. The lowest BCUT2D eigenvalue weighted by Gasteiger charge is -2.30. The van der Waals surface area contributed by atoms with Gasteiger partial charge in [0.15, 0.2) is 0 Å². The maximum Gasteiger partial charge on any atom is 0.224 e. The minimum atomic E-state index is 0.197. The average molecular weight is 344 g/mol. The van der Waals surface area contributed by atoms with E-state index in [1.807, 2.05) is 0 Å². The SMILES string of the molecule is CCCNc1ncc(Br)c(NCC2CN(C)CCO2)n1. The van der Waals surface area contributed by atoms with Crippen molar-refractivity contribution in [3.63, 3.8) is 0 Å². The van der Waals surface area contributed by atoms with Gasteiger partial charge in [-0.2, -0.15) is 4.98 Å². The van der Waals surface area contributed by atoms with Gasteiger partial charge in [-0.15, -0.1) is 0 Å². The Labute approximate surface area is 128 Å². The van der Waals surface area contributed by atoms with Crippen LogP contribution in [-0.2, 0) is 4.74 Å². The Kier molecular flexibility index (Phi) is 6.00. The summed E-state index contributed by atoms with van der Waals surface area (Å²) >= 11 is 3.47. The number of anilines is 2. The summed E-state index contributed by atoms with van der Waals surface area (Å²) in [5.74, 6) is 1.45. The molecule has 0 aromatic carbocycles. The number of morpholine rings is 1. The summed E-state index contributed by atoms with van der Waals surface area (Å²) in [6, 6.07) is 0. The second kappa shape index (κ2) is 7.75. The molecular formula is C13H22BrN5O. The predicted molar refractivity (Wildman–Crippen MR) is 84.2 cm³/mol. The normalized spacial score (nSPS) is 19.9. The Balaban J connectivity index is 1.90. The van der Waals surface area contributed by atoms with Crippen molar-refractivity contribution in [3.8, 4) is 0 Å². The Morgan fingerprint density at radius 3 is 3.10 bits per heavy atom. The third-order valence-electron chi connectivity index (χ3n) is 3.12. The van der Waals surface area contributed by atoms with Crippen LogP contribution < -0.4 is 10.6 Å². The second-order valence-corrected chi connectivity index (χ2v) is 5.81. The zero-order valence-electron chi connectivity index (χ0n) is 12.0. The number of hydrogen-bond acceptors (Lipinski definition) is 6. The molecule has 0 amide bonds. The van der Waals surface area contributed by atoms with Crippen molar-refractivity contribution in [2.45, 2.75) is 19.4 Å². The molecular weight excluding hydrogens is 322 g/mol. The first-order chi connectivity index (χ1) is 9.69. The smallest absolute Gasteiger partial charge is 0.224 e. The summed E-state index contributed by atoms with van der Waals surface area (Å²) in [7, 11) is 2.11. The Morgan fingerprint density at radius 1 is 1.50 bits per heavy atom. The zero-order valence-corrected chi connectivity index (χ0v) is 13.6. The van der Waals surface area contributed by atoms with E-state index in [-0.39, 0.29) is 6.10 Å². The van der Waals surface area contributed by atoms with Crippen LogP contribution in [0.4, 0.5) is 11.8 Å². The van der Waals surface area contributed by atoms with E-state index in [0.717, 1.165) is 49.5 Å². The molecule has 1 aromatic rings. The van der Waals surface area contributed by atoms with Crippen LogP contribution in [0.2, 0.25) is 0 Å². The zero-order chi connectivity index (χ0) is 14.4. The lowest BCUT2D eigenvalue weighted by Crippen LogP contribution is -2.43. The molecule has 7 heteroatoms. The second-order valence-electron chi connectivity index (χ2n) is 4.95. The van der Waals surface area contributed by atoms with Gasteiger partial charge in [0.05, 0.1) is 17.2 Å². The first-order valence-corrected chi connectivity index (χ1v) is 7.78. The molecule has 112 valence electrons. The third kappa shape index (κ3) is 4.57. The van der Waals surface area contributed by atoms with Gasteiger partial charge in [-0.25, -0.2) is 4.98 Å². The van der Waals surface area contributed by atoms with Crippen molar-refractivity contribution in [1.82, 2.24) is 14.9 Å². The minimum absolute atomic E-state index is 0.197. The molecule has 1 aliphatic heterocycles. The Morgan fingerprint density at radius 2 is 2.35 bits per heavy atom. The van der Waals surface area contributed by atoms with Gasteiger partial charge in [0, 0.05) is 32.4 Å². The molecule has 1 atom stereocenters. The summed E-state index contributed by atoms with van der Waals surface area (Å²) in [6.07, 6.45) is 3.01. The van der Waals surface area contributed by atoms with Gasteiger partial charge in [-0.1, -0.05) is 6.92 Å². The Hall–Kier alpha value is -0.920. The maximum absolute atomic E-state index is 5.73. The van der Waals surface area contributed by atoms with Crippen LogP contribution in [0, 0.1) is 0 Å². The number of likely N-dealkylation sites (N-methyl/N-ethyl adjacent to an activating group) is 1. The van der Waals surface area contributed by atoms with Gasteiger partial charge in [0.2, 0.25) is 5.95 Å². The third-order valence-corrected chi connectivity index (χ3v) is 3.70. The molecule has 1 saturated heterocycles. The number of nitrogens with zero attached hydrogens (tertiary/aromatic N) is 3. The van der Waals surface area contributed by atoms with Gasteiger partial charge >= 0.3 is 0 Å². The van der Waals surface area contributed by atoms with E-state index < -0.39 is 0 Å². The number of nitrogens with one attached hydrogen (secondary N) is 2. The molecule has 1 aromatic heterocycles. The van der Waals surface area contributed by atoms with Crippen molar-refractivity contribution < 1.29 is 4.74 Å². The van der Waals surface area contributed by atoms with Crippen LogP contribution in [0.5, 0.6) is 0 Å². The molecule has 0 saturated carbocycles. The molecule has 1 aliphatic rings. The first kappa shape index (κ1) is 15.5. The van der Waals surface area contributed by atoms with Crippen molar-refractivity contribution in [2.75, 3.05) is 50.5 Å². The Bertz CT molecular complexity index is 431. The molecule has 0 radical (unpaired) electrons. The number of rotatable bonds is 6. The highest BCUT2D eigenvalue weighted by molar-refractivity contribution is 9.10. The number of ether oxygens (including phenoxy) is 1. The molecule has 1 unspecified atom stereocenters. The van der Waals surface area contributed by atoms with Gasteiger partial charge in [-0.05, 0) is 29.4 Å². The monoisotopic (exact) mass is 343 g/mol. The van der Waals surface area contributed by atoms with Gasteiger partial charge in [0.25, 0.3) is 0 Å². The van der Waals surface area contributed by atoms with Crippen LogP contribution in [-0.4, -0.2) is 60.8 Å². The van der Waals surface area contributed by atoms with E-state index in [2.05, 4.69) is 55.4 Å². The predicted octanol–water partition coefficient (Wildman–Crippen LogP) is 1.80. The first-order valence-electron chi connectivity index (χ1n) is 6.99. The van der Waals surface area contributed by atoms with Crippen molar-refractivity contribution in [3.05, 3.63) is 10.7 Å². The molecule has 2 N–H and O–H groups in total. The van der Waals surface area contributed by atoms with E-state index in [1.165, 1.54) is 0 Å². The quantitative estimate of drug-likeness (QED) is 0.821. The van der Waals surface area contributed by atoms with Crippen LogP contribution in [0.3, 0.4) is 0 Å². The molecule has 20 heavy (non-hydrogen) atoms. The van der Waals surface area contributed by atoms with Crippen molar-refractivity contribution >= 4 is 27.7 Å². The van der Waals surface area contributed by atoms with E-state index in [9.17, 15) is 0 Å². The summed E-state index contributed by atoms with van der Waals surface area (Å²) in [5.41, 5.74) is 0. The number of hydrogen-bond donors (Lipinski definition) is 2. The van der Waals surface area contributed by atoms with Crippen LogP contribution in [0.25, 0.3) is 0 Å². The standard InChI is InChI=1S/C13H22BrN5O/c1-3-4-15-13-17-8-11(14)12(18-13)16-7-10-9-19(2)5-6-20-10/h8,10H,3-7,9H2,1-2H3,(H2,15,16,17,18). The highest BCUT2D eigenvalue weighted by Gasteiger charge is 2.18. The van der Waals surface area contributed by atoms with E-state index in [4.69, 9.17) is 4.74 Å². The topological polar surface area (TPSA) is 62.3 Å². The van der Waals surface area contributed by atoms with Gasteiger partial charge in [0.1, 0.15) is 5.82 Å². The molecule has 2 rings (SSSR count). The number of aromatic nitrogens is 2. The molecule has 0 bridgehead atoms. The fourth-order valence-corrected chi connectivity index (χ4v) is 2.35. The summed E-state index contributed by atoms with van der Waals surface area (Å²) < 4.78 is 6.59. The van der Waals surface area contributed by atoms with Gasteiger partial charge < -0.3 is 20.3 Å². The molecule has 1 fully saturated rings.